The van der Waals surface area contributed by atoms with Crippen LogP contribution >= 0.6 is 11.3 Å². The molecule has 0 atom stereocenters. The summed E-state index contributed by atoms with van der Waals surface area (Å²) < 4.78 is 0. The van der Waals surface area contributed by atoms with Gasteiger partial charge in [-0.3, -0.25) is 4.79 Å². The molecule has 3 nitrogen and oxygen atoms in total. The number of amides is 1. The molecule has 0 aliphatic rings. The summed E-state index contributed by atoms with van der Waals surface area (Å²) in [5.74, 6) is -0.184. The fourth-order valence-electron chi connectivity index (χ4n) is 1.91. The van der Waals surface area contributed by atoms with E-state index < -0.39 is 0 Å². The van der Waals surface area contributed by atoms with Crippen LogP contribution in [0.3, 0.4) is 0 Å². The number of nitrogens with zero attached hydrogens (tertiary/aromatic N) is 1. The average molecular weight is 280 g/mol. The van der Waals surface area contributed by atoms with E-state index >= 15 is 0 Å². The summed E-state index contributed by atoms with van der Waals surface area (Å²) >= 11 is 1.47. The number of carbonyl (C=O) groups excluding carboxylic acids is 1. The lowest BCUT2D eigenvalue weighted by atomic mass is 10.1. The molecule has 0 unspecified atom stereocenters. The molecule has 1 N–H and O–H groups in total. The van der Waals surface area contributed by atoms with E-state index in [0.717, 1.165) is 16.1 Å². The van der Waals surface area contributed by atoms with Gasteiger partial charge in [0.15, 0.2) is 0 Å². The van der Waals surface area contributed by atoms with Crippen LogP contribution in [0.4, 0.5) is 5.69 Å². The first kappa shape index (κ1) is 12.6. The Kier molecular flexibility index (Phi) is 3.56. The zero-order chi connectivity index (χ0) is 13.8. The van der Waals surface area contributed by atoms with Crippen molar-refractivity contribution in [1.82, 2.24) is 4.98 Å². The second-order valence-corrected chi connectivity index (χ2v) is 5.07. The van der Waals surface area contributed by atoms with Crippen LogP contribution in [0.2, 0.25) is 0 Å². The highest BCUT2D eigenvalue weighted by atomic mass is 32.1. The van der Waals surface area contributed by atoms with Gasteiger partial charge in [-0.15, -0.1) is 11.3 Å². The van der Waals surface area contributed by atoms with Gasteiger partial charge in [-0.05, 0) is 17.7 Å². The Morgan fingerprint density at radius 1 is 0.950 bits per heavy atom. The summed E-state index contributed by atoms with van der Waals surface area (Å²) in [6.07, 6.45) is 0. The standard InChI is InChI=1S/C16H12N2OS/c19-16(18-13-9-5-2-6-10-13)14-15(20-11-17-14)12-7-3-1-4-8-12/h1-11H,(H,18,19). The summed E-state index contributed by atoms with van der Waals surface area (Å²) in [7, 11) is 0. The Labute approximate surface area is 120 Å². The Morgan fingerprint density at radius 3 is 2.30 bits per heavy atom. The zero-order valence-corrected chi connectivity index (χ0v) is 11.4. The molecule has 0 saturated heterocycles. The number of anilines is 1. The van der Waals surface area contributed by atoms with Crippen LogP contribution in [0, 0.1) is 0 Å². The van der Waals surface area contributed by atoms with Gasteiger partial charge in [-0.1, -0.05) is 48.5 Å². The Hall–Kier alpha value is -2.46. The smallest absolute Gasteiger partial charge is 0.275 e. The highest BCUT2D eigenvalue weighted by Gasteiger charge is 2.16. The van der Waals surface area contributed by atoms with Crippen molar-refractivity contribution in [3.05, 3.63) is 71.9 Å². The van der Waals surface area contributed by atoms with E-state index in [1.54, 1.807) is 5.51 Å². The molecule has 1 heterocycles. The van der Waals surface area contributed by atoms with Gasteiger partial charge in [-0.2, -0.15) is 0 Å². The minimum atomic E-state index is -0.184. The molecule has 3 rings (SSSR count). The molecule has 0 bridgehead atoms. The number of nitrogens with one attached hydrogen (secondary N) is 1. The number of aromatic nitrogens is 1. The van der Waals surface area contributed by atoms with Gasteiger partial charge in [-0.25, -0.2) is 4.98 Å². The molecule has 98 valence electrons. The molecule has 1 amide bonds. The van der Waals surface area contributed by atoms with E-state index in [9.17, 15) is 4.79 Å². The summed E-state index contributed by atoms with van der Waals surface area (Å²) in [5, 5.41) is 2.86. The molecule has 0 fully saturated rings. The molecule has 0 aliphatic heterocycles. The van der Waals surface area contributed by atoms with Crippen LogP contribution in [0.1, 0.15) is 10.5 Å². The van der Waals surface area contributed by atoms with Gasteiger partial charge in [0.1, 0.15) is 5.69 Å². The van der Waals surface area contributed by atoms with E-state index in [0.29, 0.717) is 5.69 Å². The molecule has 0 radical (unpaired) electrons. The number of benzene rings is 2. The maximum Gasteiger partial charge on any atom is 0.275 e. The first-order valence-electron chi connectivity index (χ1n) is 6.20. The van der Waals surface area contributed by atoms with E-state index in [-0.39, 0.29) is 5.91 Å². The lowest BCUT2D eigenvalue weighted by molar-refractivity contribution is 0.102. The van der Waals surface area contributed by atoms with E-state index in [4.69, 9.17) is 0 Å². The average Bonchev–Trinajstić information content (AvgIpc) is 2.99. The monoisotopic (exact) mass is 280 g/mol. The Bertz CT molecular complexity index is 708. The summed E-state index contributed by atoms with van der Waals surface area (Å²) in [6.45, 7) is 0. The molecule has 0 spiro atoms. The minimum Gasteiger partial charge on any atom is -0.321 e. The van der Waals surface area contributed by atoms with E-state index in [1.807, 2.05) is 60.7 Å². The predicted molar refractivity (Wildman–Crippen MR) is 81.9 cm³/mol. The highest BCUT2D eigenvalue weighted by Crippen LogP contribution is 2.27. The molecule has 3 aromatic rings. The quantitative estimate of drug-likeness (QED) is 0.786. The van der Waals surface area contributed by atoms with Crippen molar-refractivity contribution >= 4 is 22.9 Å². The number of hydrogen-bond donors (Lipinski definition) is 1. The van der Waals surface area contributed by atoms with Gasteiger partial charge in [0.05, 0.1) is 10.4 Å². The molecule has 4 heteroatoms. The molecular weight excluding hydrogens is 268 g/mol. The highest BCUT2D eigenvalue weighted by molar-refractivity contribution is 7.13. The fraction of sp³-hybridized carbons (Fsp3) is 0. The van der Waals surface area contributed by atoms with Gasteiger partial charge >= 0.3 is 0 Å². The van der Waals surface area contributed by atoms with Crippen molar-refractivity contribution in [2.24, 2.45) is 0 Å². The van der Waals surface area contributed by atoms with Crippen LogP contribution in [-0.2, 0) is 0 Å². The van der Waals surface area contributed by atoms with Crippen LogP contribution in [0.25, 0.3) is 10.4 Å². The molecule has 0 aliphatic carbocycles. The minimum absolute atomic E-state index is 0.184. The number of carbonyl (C=O) groups is 1. The van der Waals surface area contributed by atoms with Crippen molar-refractivity contribution in [1.29, 1.82) is 0 Å². The number of thiazole rings is 1. The van der Waals surface area contributed by atoms with Crippen LogP contribution < -0.4 is 5.32 Å². The number of para-hydroxylation sites is 1. The first-order valence-corrected chi connectivity index (χ1v) is 7.08. The normalized spacial score (nSPS) is 10.2. The van der Waals surface area contributed by atoms with Crippen molar-refractivity contribution in [3.8, 4) is 10.4 Å². The van der Waals surface area contributed by atoms with Gasteiger partial charge in [0.25, 0.3) is 5.91 Å². The van der Waals surface area contributed by atoms with E-state index in [1.165, 1.54) is 11.3 Å². The first-order chi connectivity index (χ1) is 9.84. The van der Waals surface area contributed by atoms with Crippen LogP contribution in [0.5, 0.6) is 0 Å². The van der Waals surface area contributed by atoms with Crippen LogP contribution in [-0.4, -0.2) is 10.9 Å². The number of rotatable bonds is 3. The third kappa shape index (κ3) is 2.60. The van der Waals surface area contributed by atoms with Gasteiger partial charge in [0, 0.05) is 5.69 Å². The predicted octanol–water partition coefficient (Wildman–Crippen LogP) is 4.06. The lowest BCUT2D eigenvalue weighted by Crippen LogP contribution is -2.13. The molecule has 20 heavy (non-hydrogen) atoms. The molecular formula is C16H12N2OS. The van der Waals surface area contributed by atoms with E-state index in [2.05, 4.69) is 10.3 Å². The molecule has 0 saturated carbocycles. The lowest BCUT2D eigenvalue weighted by Gasteiger charge is -2.05. The summed E-state index contributed by atoms with van der Waals surface area (Å²) in [4.78, 5) is 17.4. The van der Waals surface area contributed by atoms with Crippen molar-refractivity contribution < 1.29 is 4.79 Å². The largest absolute Gasteiger partial charge is 0.321 e. The Balaban J connectivity index is 1.88. The summed E-state index contributed by atoms with van der Waals surface area (Å²) in [6, 6.07) is 19.2. The third-order valence-corrected chi connectivity index (χ3v) is 3.73. The SMILES string of the molecule is O=C(Nc1ccccc1)c1ncsc1-c1ccccc1. The fourth-order valence-corrected chi connectivity index (χ4v) is 2.71. The molecule has 1 aromatic heterocycles. The van der Waals surface area contributed by atoms with Gasteiger partial charge < -0.3 is 5.32 Å². The second-order valence-electron chi connectivity index (χ2n) is 4.22. The Morgan fingerprint density at radius 2 is 1.60 bits per heavy atom. The third-order valence-electron chi connectivity index (χ3n) is 2.85. The maximum atomic E-state index is 12.3. The maximum absolute atomic E-state index is 12.3. The summed E-state index contributed by atoms with van der Waals surface area (Å²) in [5.41, 5.74) is 3.94. The van der Waals surface area contributed by atoms with Crippen molar-refractivity contribution in [2.75, 3.05) is 5.32 Å². The zero-order valence-electron chi connectivity index (χ0n) is 10.6. The topological polar surface area (TPSA) is 42.0 Å². The van der Waals surface area contributed by atoms with Crippen molar-refractivity contribution in [3.63, 3.8) is 0 Å². The van der Waals surface area contributed by atoms with Crippen LogP contribution in [0.15, 0.2) is 66.2 Å². The second kappa shape index (κ2) is 5.67. The molecule has 2 aromatic carbocycles. The van der Waals surface area contributed by atoms with Gasteiger partial charge in [0.2, 0.25) is 0 Å². The number of hydrogen-bond acceptors (Lipinski definition) is 3. The van der Waals surface area contributed by atoms with Crippen molar-refractivity contribution in [2.45, 2.75) is 0 Å².